The highest BCUT2D eigenvalue weighted by Gasteiger charge is 2.27. The van der Waals surface area contributed by atoms with Gasteiger partial charge in [-0.15, -0.1) is 12.4 Å². The van der Waals surface area contributed by atoms with Gasteiger partial charge in [-0.2, -0.15) is 4.31 Å². The Labute approximate surface area is 228 Å². The second-order valence-corrected chi connectivity index (χ2v) is 11.9. The van der Waals surface area contributed by atoms with E-state index in [0.29, 0.717) is 47.1 Å². The predicted octanol–water partition coefficient (Wildman–Crippen LogP) is 5.41. The number of amides is 1. The molecule has 2 heterocycles. The number of aromatic nitrogens is 1. The predicted molar refractivity (Wildman–Crippen MR) is 150 cm³/mol. The Hall–Kier alpha value is -2.11. The van der Waals surface area contributed by atoms with Crippen molar-refractivity contribution in [3.63, 3.8) is 0 Å². The Bertz CT molecular complexity index is 1290. The van der Waals surface area contributed by atoms with Gasteiger partial charge in [0.1, 0.15) is 5.82 Å². The van der Waals surface area contributed by atoms with Gasteiger partial charge in [0.15, 0.2) is 5.13 Å². The summed E-state index contributed by atoms with van der Waals surface area (Å²) in [6.07, 6.45) is 3.81. The molecule has 0 atom stereocenters. The van der Waals surface area contributed by atoms with E-state index < -0.39 is 10.0 Å². The van der Waals surface area contributed by atoms with Crippen LogP contribution >= 0.6 is 23.7 Å². The Morgan fingerprint density at radius 2 is 1.65 bits per heavy atom. The first kappa shape index (κ1) is 29.4. The SMILES string of the molecule is CCN(CC)CCN(C(=O)c1ccc(S(=O)(=O)N2CCCCCC2)cc1)c1nc2ccc(F)cc2s1.Cl. The minimum absolute atomic E-state index is 0. The summed E-state index contributed by atoms with van der Waals surface area (Å²) in [4.78, 5) is 22.2. The van der Waals surface area contributed by atoms with Crippen molar-refractivity contribution >= 4 is 55.0 Å². The highest BCUT2D eigenvalue weighted by atomic mass is 35.5. The van der Waals surface area contributed by atoms with Crippen molar-refractivity contribution in [3.8, 4) is 0 Å². The summed E-state index contributed by atoms with van der Waals surface area (Å²) >= 11 is 1.27. The Balaban J connectivity index is 0.00000380. The number of hydrogen-bond acceptors (Lipinski definition) is 6. The van der Waals surface area contributed by atoms with Crippen molar-refractivity contribution in [2.45, 2.75) is 44.4 Å². The van der Waals surface area contributed by atoms with E-state index >= 15 is 0 Å². The maximum Gasteiger partial charge on any atom is 0.260 e. The van der Waals surface area contributed by atoms with E-state index in [1.54, 1.807) is 27.4 Å². The smallest absolute Gasteiger partial charge is 0.260 e. The molecule has 1 amide bonds. The zero-order chi connectivity index (χ0) is 25.7. The number of likely N-dealkylation sites (N-methyl/N-ethyl adjacent to an activating group) is 1. The van der Waals surface area contributed by atoms with Gasteiger partial charge in [0.25, 0.3) is 5.91 Å². The summed E-state index contributed by atoms with van der Waals surface area (Å²) in [6, 6.07) is 10.6. The van der Waals surface area contributed by atoms with Crippen LogP contribution in [0, 0.1) is 5.82 Å². The number of nitrogens with zero attached hydrogens (tertiary/aromatic N) is 4. The molecule has 2 aromatic carbocycles. The molecule has 202 valence electrons. The van der Waals surface area contributed by atoms with Gasteiger partial charge in [-0.05, 0) is 68.4 Å². The molecular formula is C26H34ClFN4O3S2. The third-order valence-electron chi connectivity index (χ3n) is 6.65. The van der Waals surface area contributed by atoms with Crippen molar-refractivity contribution in [2.75, 3.05) is 44.2 Å². The van der Waals surface area contributed by atoms with Gasteiger partial charge in [0.2, 0.25) is 10.0 Å². The third kappa shape index (κ3) is 6.86. The van der Waals surface area contributed by atoms with Gasteiger partial charge in [-0.25, -0.2) is 17.8 Å². The minimum atomic E-state index is -3.59. The number of sulfonamides is 1. The molecular weight excluding hydrogens is 535 g/mol. The molecule has 7 nitrogen and oxygen atoms in total. The van der Waals surface area contributed by atoms with Crippen molar-refractivity contribution in [2.24, 2.45) is 0 Å². The van der Waals surface area contributed by atoms with E-state index in [1.165, 1.54) is 35.6 Å². The van der Waals surface area contributed by atoms with Gasteiger partial charge in [-0.3, -0.25) is 9.69 Å². The fourth-order valence-corrected chi connectivity index (χ4v) is 6.96. The number of carbonyl (C=O) groups is 1. The molecule has 0 unspecified atom stereocenters. The first-order valence-corrected chi connectivity index (χ1v) is 14.8. The van der Waals surface area contributed by atoms with E-state index in [9.17, 15) is 17.6 Å². The van der Waals surface area contributed by atoms with Crippen LogP contribution in [-0.4, -0.2) is 67.8 Å². The fraction of sp³-hybridized carbons (Fsp3) is 0.462. The van der Waals surface area contributed by atoms with Crippen LogP contribution in [0.25, 0.3) is 10.2 Å². The largest absolute Gasteiger partial charge is 0.302 e. The molecule has 0 radical (unpaired) electrons. The molecule has 3 aromatic rings. The lowest BCUT2D eigenvalue weighted by Crippen LogP contribution is -2.39. The summed E-state index contributed by atoms with van der Waals surface area (Å²) in [5.41, 5.74) is 1.02. The standard InChI is InChI=1S/C26H33FN4O3S2.ClH/c1-3-29(4-2)17-18-31(26-28-23-14-11-21(27)19-24(23)35-26)25(32)20-9-12-22(13-10-20)36(33,34)30-15-7-5-6-8-16-30;/h9-14,19H,3-8,15-18H2,1-2H3;1H. The number of fused-ring (bicyclic) bond motifs is 1. The van der Waals surface area contributed by atoms with E-state index in [4.69, 9.17) is 0 Å². The highest BCUT2D eigenvalue weighted by molar-refractivity contribution is 7.89. The van der Waals surface area contributed by atoms with E-state index in [0.717, 1.165) is 38.8 Å². The normalized spacial score (nSPS) is 14.9. The molecule has 4 rings (SSSR count). The van der Waals surface area contributed by atoms with Crippen molar-refractivity contribution < 1.29 is 17.6 Å². The van der Waals surface area contributed by atoms with Crippen LogP contribution in [0.4, 0.5) is 9.52 Å². The van der Waals surface area contributed by atoms with E-state index in [2.05, 4.69) is 23.7 Å². The lowest BCUT2D eigenvalue weighted by atomic mass is 10.2. The topological polar surface area (TPSA) is 73.8 Å². The molecule has 0 saturated carbocycles. The summed E-state index contributed by atoms with van der Waals surface area (Å²) in [6.45, 7) is 7.97. The Kier molecular flexibility index (Phi) is 10.4. The van der Waals surface area contributed by atoms with Crippen LogP contribution in [0.2, 0.25) is 0 Å². The van der Waals surface area contributed by atoms with Gasteiger partial charge in [0, 0.05) is 31.7 Å². The molecule has 0 N–H and O–H groups in total. The van der Waals surface area contributed by atoms with Crippen molar-refractivity contribution in [3.05, 3.63) is 53.8 Å². The second kappa shape index (κ2) is 13.1. The molecule has 1 saturated heterocycles. The van der Waals surface area contributed by atoms with E-state index in [1.807, 2.05) is 0 Å². The number of anilines is 1. The Morgan fingerprint density at radius 3 is 2.27 bits per heavy atom. The average Bonchev–Trinajstić information content (AvgIpc) is 3.09. The summed E-state index contributed by atoms with van der Waals surface area (Å²) in [5, 5.41) is 0.494. The van der Waals surface area contributed by atoms with Crippen LogP contribution in [0.5, 0.6) is 0 Å². The number of hydrogen-bond donors (Lipinski definition) is 0. The first-order valence-electron chi connectivity index (χ1n) is 12.5. The zero-order valence-electron chi connectivity index (χ0n) is 21.2. The summed E-state index contributed by atoms with van der Waals surface area (Å²) in [5.74, 6) is -0.611. The van der Waals surface area contributed by atoms with Crippen molar-refractivity contribution in [1.29, 1.82) is 0 Å². The van der Waals surface area contributed by atoms with Gasteiger partial charge < -0.3 is 4.90 Å². The summed E-state index contributed by atoms with van der Waals surface area (Å²) < 4.78 is 42.2. The molecule has 1 aliphatic heterocycles. The van der Waals surface area contributed by atoms with Gasteiger partial charge >= 0.3 is 0 Å². The maximum atomic E-state index is 13.7. The molecule has 11 heteroatoms. The fourth-order valence-electron chi connectivity index (χ4n) is 4.42. The van der Waals surface area contributed by atoms with Gasteiger partial charge in [0.05, 0.1) is 15.1 Å². The monoisotopic (exact) mass is 568 g/mol. The van der Waals surface area contributed by atoms with Crippen LogP contribution in [0.3, 0.4) is 0 Å². The number of halogens is 2. The first-order chi connectivity index (χ1) is 17.3. The molecule has 0 bridgehead atoms. The number of rotatable bonds is 9. The third-order valence-corrected chi connectivity index (χ3v) is 9.61. The molecule has 1 fully saturated rings. The van der Waals surface area contributed by atoms with Gasteiger partial charge in [-0.1, -0.05) is 38.0 Å². The van der Waals surface area contributed by atoms with Crippen molar-refractivity contribution in [1.82, 2.24) is 14.2 Å². The molecule has 0 aliphatic carbocycles. The van der Waals surface area contributed by atoms with Crippen LogP contribution in [0.15, 0.2) is 47.4 Å². The molecule has 1 aliphatic rings. The molecule has 0 spiro atoms. The molecule has 37 heavy (non-hydrogen) atoms. The number of benzene rings is 2. The lowest BCUT2D eigenvalue weighted by molar-refractivity contribution is 0.0983. The lowest BCUT2D eigenvalue weighted by Gasteiger charge is -2.25. The van der Waals surface area contributed by atoms with Crippen LogP contribution in [-0.2, 0) is 10.0 Å². The zero-order valence-corrected chi connectivity index (χ0v) is 23.7. The van der Waals surface area contributed by atoms with Crippen LogP contribution < -0.4 is 4.90 Å². The maximum absolute atomic E-state index is 13.7. The highest BCUT2D eigenvalue weighted by Crippen LogP contribution is 2.30. The number of carbonyl (C=O) groups excluding carboxylic acids is 1. The minimum Gasteiger partial charge on any atom is -0.302 e. The number of thiazole rings is 1. The second-order valence-electron chi connectivity index (χ2n) is 8.93. The Morgan fingerprint density at radius 1 is 1.00 bits per heavy atom. The quantitative estimate of drug-likeness (QED) is 0.345. The summed E-state index contributed by atoms with van der Waals surface area (Å²) in [7, 11) is -3.59. The average molecular weight is 569 g/mol. The molecule has 1 aromatic heterocycles. The van der Waals surface area contributed by atoms with E-state index in [-0.39, 0.29) is 29.0 Å². The van der Waals surface area contributed by atoms with Crippen LogP contribution in [0.1, 0.15) is 49.9 Å².